The number of carbonyl (C=O) groups excluding carboxylic acids is 1. The van der Waals surface area contributed by atoms with E-state index in [9.17, 15) is 4.79 Å². The molecule has 0 bridgehead atoms. The van der Waals surface area contributed by atoms with E-state index in [0.29, 0.717) is 6.04 Å². The quantitative estimate of drug-likeness (QED) is 0.757. The minimum Gasteiger partial charge on any atom is -0.369 e. The zero-order valence-corrected chi connectivity index (χ0v) is 10.8. The van der Waals surface area contributed by atoms with Crippen LogP contribution in [-0.4, -0.2) is 43.0 Å². The number of likely N-dealkylation sites (tertiary alicyclic amines) is 1. The van der Waals surface area contributed by atoms with Gasteiger partial charge in [0.2, 0.25) is 5.91 Å². The second kappa shape index (κ2) is 5.83. The van der Waals surface area contributed by atoms with E-state index >= 15 is 0 Å². The summed E-state index contributed by atoms with van der Waals surface area (Å²) in [4.78, 5) is 13.8. The summed E-state index contributed by atoms with van der Waals surface area (Å²) >= 11 is 0. The van der Waals surface area contributed by atoms with Crippen molar-refractivity contribution < 1.29 is 4.79 Å². The number of nitrogens with zero attached hydrogens (tertiary/aromatic N) is 1. The highest BCUT2D eigenvalue weighted by molar-refractivity contribution is 5.76. The van der Waals surface area contributed by atoms with Crippen LogP contribution in [0, 0.1) is 11.8 Å². The molecule has 2 fully saturated rings. The number of rotatable bonds is 3. The summed E-state index contributed by atoms with van der Waals surface area (Å²) in [5, 5.41) is 3.45. The summed E-state index contributed by atoms with van der Waals surface area (Å²) in [5.74, 6) is 0.698. The topological polar surface area (TPSA) is 58.4 Å². The molecular formula is C13H25N3O. The molecule has 0 aromatic heterocycles. The number of carbonyl (C=O) groups is 1. The Labute approximate surface area is 104 Å². The average molecular weight is 239 g/mol. The van der Waals surface area contributed by atoms with Crippen molar-refractivity contribution in [1.29, 1.82) is 0 Å². The summed E-state index contributed by atoms with van der Waals surface area (Å²) in [5.41, 5.74) is 5.43. The van der Waals surface area contributed by atoms with Crippen LogP contribution in [0.15, 0.2) is 0 Å². The van der Waals surface area contributed by atoms with Crippen LogP contribution in [0.1, 0.15) is 32.6 Å². The van der Waals surface area contributed by atoms with Gasteiger partial charge in [-0.1, -0.05) is 0 Å². The third kappa shape index (κ3) is 3.42. The summed E-state index contributed by atoms with van der Waals surface area (Å²) in [6, 6.07) is 0.604. The number of nitrogens with one attached hydrogen (secondary N) is 1. The van der Waals surface area contributed by atoms with Crippen LogP contribution in [0.2, 0.25) is 0 Å². The van der Waals surface area contributed by atoms with E-state index in [0.717, 1.165) is 44.9 Å². The van der Waals surface area contributed by atoms with Crippen LogP contribution in [0.3, 0.4) is 0 Å². The fourth-order valence-electron chi connectivity index (χ4n) is 3.08. The molecule has 3 N–H and O–H groups in total. The van der Waals surface area contributed by atoms with Gasteiger partial charge >= 0.3 is 0 Å². The van der Waals surface area contributed by atoms with E-state index in [4.69, 9.17) is 5.73 Å². The minimum absolute atomic E-state index is 0.0720. The van der Waals surface area contributed by atoms with Gasteiger partial charge in [0.25, 0.3) is 0 Å². The summed E-state index contributed by atoms with van der Waals surface area (Å²) in [6.07, 6.45) is 4.67. The van der Waals surface area contributed by atoms with Crippen LogP contribution in [0.5, 0.6) is 0 Å². The number of amides is 1. The van der Waals surface area contributed by atoms with E-state index < -0.39 is 0 Å². The lowest BCUT2D eigenvalue weighted by molar-refractivity contribution is -0.124. The first-order chi connectivity index (χ1) is 8.16. The van der Waals surface area contributed by atoms with Crippen LogP contribution in [0.25, 0.3) is 0 Å². The monoisotopic (exact) mass is 239 g/mol. The summed E-state index contributed by atoms with van der Waals surface area (Å²) < 4.78 is 0. The maximum Gasteiger partial charge on any atom is 0.221 e. The maximum absolute atomic E-state index is 11.3. The van der Waals surface area contributed by atoms with Crippen LogP contribution in [-0.2, 0) is 4.79 Å². The highest BCUT2D eigenvalue weighted by Gasteiger charge is 2.30. The molecule has 1 amide bonds. The standard InChI is InChI=1S/C13H25N3O/c1-10-4-5-12(13(14)17)9-16(10)8-11-3-2-6-15-7-11/h10-12,15H,2-9H2,1H3,(H2,14,17). The molecule has 2 heterocycles. The lowest BCUT2D eigenvalue weighted by Crippen LogP contribution is -2.49. The van der Waals surface area contributed by atoms with Gasteiger partial charge in [0, 0.05) is 19.1 Å². The second-order valence-electron chi connectivity index (χ2n) is 5.69. The lowest BCUT2D eigenvalue weighted by atomic mass is 9.90. The van der Waals surface area contributed by atoms with Gasteiger partial charge in [-0.25, -0.2) is 0 Å². The predicted octanol–water partition coefficient (Wildman–Crippen LogP) is 0.572. The first-order valence-electron chi connectivity index (χ1n) is 6.91. The molecule has 17 heavy (non-hydrogen) atoms. The summed E-state index contributed by atoms with van der Waals surface area (Å²) in [6.45, 7) is 6.55. The molecule has 0 aromatic carbocycles. The Kier molecular flexibility index (Phi) is 4.40. The van der Waals surface area contributed by atoms with E-state index in [-0.39, 0.29) is 11.8 Å². The Morgan fingerprint density at radius 2 is 2.24 bits per heavy atom. The SMILES string of the molecule is CC1CCC(C(N)=O)CN1CC1CCCNC1. The number of piperidine rings is 2. The number of primary amides is 1. The lowest BCUT2D eigenvalue weighted by Gasteiger charge is -2.39. The largest absolute Gasteiger partial charge is 0.369 e. The van der Waals surface area contributed by atoms with Crippen molar-refractivity contribution in [2.75, 3.05) is 26.2 Å². The fourth-order valence-corrected chi connectivity index (χ4v) is 3.08. The van der Waals surface area contributed by atoms with Crippen molar-refractivity contribution in [3.8, 4) is 0 Å². The van der Waals surface area contributed by atoms with Gasteiger partial charge in [-0.15, -0.1) is 0 Å². The Morgan fingerprint density at radius 1 is 1.41 bits per heavy atom. The van der Waals surface area contributed by atoms with Crippen molar-refractivity contribution in [1.82, 2.24) is 10.2 Å². The molecular weight excluding hydrogens is 214 g/mol. The molecule has 2 rings (SSSR count). The van der Waals surface area contributed by atoms with E-state index in [1.54, 1.807) is 0 Å². The number of nitrogens with two attached hydrogens (primary N) is 1. The smallest absolute Gasteiger partial charge is 0.221 e. The molecule has 0 saturated carbocycles. The second-order valence-corrected chi connectivity index (χ2v) is 5.69. The molecule has 98 valence electrons. The number of hydrogen-bond donors (Lipinski definition) is 2. The Balaban J connectivity index is 1.86. The first kappa shape index (κ1) is 12.8. The van der Waals surface area contributed by atoms with Gasteiger partial charge in [0.1, 0.15) is 0 Å². The fraction of sp³-hybridized carbons (Fsp3) is 0.923. The Bertz CT molecular complexity index is 263. The summed E-state index contributed by atoms with van der Waals surface area (Å²) in [7, 11) is 0. The highest BCUT2D eigenvalue weighted by atomic mass is 16.1. The third-order valence-electron chi connectivity index (χ3n) is 4.31. The highest BCUT2D eigenvalue weighted by Crippen LogP contribution is 2.24. The van der Waals surface area contributed by atoms with Crippen molar-refractivity contribution in [3.05, 3.63) is 0 Å². The molecule has 2 saturated heterocycles. The molecule has 3 atom stereocenters. The Morgan fingerprint density at radius 3 is 2.88 bits per heavy atom. The van der Waals surface area contributed by atoms with Crippen molar-refractivity contribution in [3.63, 3.8) is 0 Å². The average Bonchev–Trinajstić information content (AvgIpc) is 2.33. The molecule has 4 heteroatoms. The van der Waals surface area contributed by atoms with Crippen molar-refractivity contribution in [2.45, 2.75) is 38.6 Å². The van der Waals surface area contributed by atoms with Gasteiger partial charge < -0.3 is 11.1 Å². The van der Waals surface area contributed by atoms with Gasteiger partial charge in [0.05, 0.1) is 5.92 Å². The molecule has 4 nitrogen and oxygen atoms in total. The first-order valence-corrected chi connectivity index (χ1v) is 6.91. The van der Waals surface area contributed by atoms with Gasteiger partial charge in [-0.05, 0) is 51.6 Å². The minimum atomic E-state index is -0.122. The Hall–Kier alpha value is -0.610. The van der Waals surface area contributed by atoms with Gasteiger partial charge in [-0.2, -0.15) is 0 Å². The van der Waals surface area contributed by atoms with Crippen LogP contribution < -0.4 is 11.1 Å². The van der Waals surface area contributed by atoms with Crippen molar-refractivity contribution >= 4 is 5.91 Å². The van der Waals surface area contributed by atoms with Gasteiger partial charge in [-0.3, -0.25) is 9.69 Å². The van der Waals surface area contributed by atoms with E-state index in [1.165, 1.54) is 12.8 Å². The normalized spacial score (nSPS) is 35.7. The van der Waals surface area contributed by atoms with Crippen LogP contribution >= 0.6 is 0 Å². The molecule has 2 aliphatic heterocycles. The molecule has 2 aliphatic rings. The molecule has 0 aromatic rings. The van der Waals surface area contributed by atoms with Crippen molar-refractivity contribution in [2.24, 2.45) is 17.6 Å². The molecule has 0 spiro atoms. The molecule has 0 radical (unpaired) electrons. The van der Waals surface area contributed by atoms with E-state index in [2.05, 4.69) is 17.1 Å². The number of hydrogen-bond acceptors (Lipinski definition) is 3. The van der Waals surface area contributed by atoms with Gasteiger partial charge in [0.15, 0.2) is 0 Å². The van der Waals surface area contributed by atoms with E-state index in [1.807, 2.05) is 0 Å². The van der Waals surface area contributed by atoms with Crippen LogP contribution in [0.4, 0.5) is 0 Å². The predicted molar refractivity (Wildman–Crippen MR) is 68.5 cm³/mol. The molecule has 0 aliphatic carbocycles. The maximum atomic E-state index is 11.3. The zero-order valence-electron chi connectivity index (χ0n) is 10.8. The molecule has 3 unspecified atom stereocenters. The zero-order chi connectivity index (χ0) is 12.3. The third-order valence-corrected chi connectivity index (χ3v) is 4.31.